The summed E-state index contributed by atoms with van der Waals surface area (Å²) in [7, 11) is 1.66. The fourth-order valence-electron chi connectivity index (χ4n) is 4.02. The third-order valence-corrected chi connectivity index (χ3v) is 6.84. The molecule has 4 aromatic rings. The van der Waals surface area contributed by atoms with Gasteiger partial charge in [-0.25, -0.2) is 4.79 Å². The van der Waals surface area contributed by atoms with Crippen molar-refractivity contribution in [2.75, 3.05) is 13.6 Å². The lowest BCUT2D eigenvalue weighted by Gasteiger charge is -2.27. The summed E-state index contributed by atoms with van der Waals surface area (Å²) in [5, 5.41) is 11.0. The van der Waals surface area contributed by atoms with Gasteiger partial charge in [0.2, 0.25) is 0 Å². The average molecular weight is 508 g/mol. The topological polar surface area (TPSA) is 81.5 Å². The summed E-state index contributed by atoms with van der Waals surface area (Å²) < 4.78 is 0. The first kappa shape index (κ1) is 25.5. The summed E-state index contributed by atoms with van der Waals surface area (Å²) >= 11 is 1.17. The number of hydrogen-bond acceptors (Lipinski definition) is 5. The zero-order chi connectivity index (χ0) is 26.2. The number of carbonyl (C=O) groups is 3. The van der Waals surface area contributed by atoms with Crippen molar-refractivity contribution in [2.45, 2.75) is 13.0 Å². The number of rotatable bonds is 8. The fraction of sp³-hybridized carbons (Fsp3) is 0.133. The zero-order valence-corrected chi connectivity index (χ0v) is 21.2. The number of hydrogen-bond donors (Lipinski definition) is 0. The van der Waals surface area contributed by atoms with Crippen molar-refractivity contribution in [2.24, 2.45) is 0 Å². The van der Waals surface area contributed by atoms with Gasteiger partial charge in [0, 0.05) is 25.5 Å². The normalized spacial score (nSPS) is 10.4. The number of carbonyl (C=O) groups excluding carboxylic acids is 3. The van der Waals surface area contributed by atoms with Crippen molar-refractivity contribution in [3.8, 4) is 17.2 Å². The summed E-state index contributed by atoms with van der Waals surface area (Å²) in [5.74, 6) is -0.430. The van der Waals surface area contributed by atoms with Crippen LogP contribution in [-0.2, 0) is 13.0 Å². The van der Waals surface area contributed by atoms with Crippen molar-refractivity contribution in [3.63, 3.8) is 0 Å². The molecule has 4 rings (SSSR count). The Morgan fingerprint density at radius 1 is 0.946 bits per heavy atom. The molecule has 0 saturated carbocycles. The van der Waals surface area contributed by atoms with Gasteiger partial charge in [-0.05, 0) is 40.8 Å². The molecule has 1 aromatic heterocycles. The molecule has 0 radical (unpaired) electrons. The highest BCUT2D eigenvalue weighted by Crippen LogP contribution is 2.24. The molecule has 7 heteroatoms. The van der Waals surface area contributed by atoms with Crippen LogP contribution in [0.25, 0.3) is 11.1 Å². The molecule has 0 aliphatic heterocycles. The molecule has 0 aliphatic carbocycles. The van der Waals surface area contributed by atoms with E-state index in [2.05, 4.69) is 6.07 Å². The molecule has 0 unspecified atom stereocenters. The van der Waals surface area contributed by atoms with Crippen LogP contribution in [0.4, 0.5) is 4.79 Å². The lowest BCUT2D eigenvalue weighted by molar-refractivity contribution is 0.0767. The van der Waals surface area contributed by atoms with Crippen LogP contribution in [0, 0.1) is 11.3 Å². The number of amides is 3. The van der Waals surface area contributed by atoms with Crippen molar-refractivity contribution in [3.05, 3.63) is 117 Å². The molecular weight excluding hydrogens is 482 g/mol. The van der Waals surface area contributed by atoms with E-state index in [0.29, 0.717) is 35.3 Å². The average Bonchev–Trinajstić information content (AvgIpc) is 3.43. The molecule has 37 heavy (non-hydrogen) atoms. The van der Waals surface area contributed by atoms with Gasteiger partial charge in [-0.2, -0.15) is 5.26 Å². The second-order valence-corrected chi connectivity index (χ2v) is 9.48. The third-order valence-electron chi connectivity index (χ3n) is 5.98. The van der Waals surface area contributed by atoms with E-state index in [0.717, 1.165) is 22.3 Å². The zero-order valence-electron chi connectivity index (χ0n) is 20.3. The first-order chi connectivity index (χ1) is 18.0. The van der Waals surface area contributed by atoms with Crippen molar-refractivity contribution in [1.29, 1.82) is 5.26 Å². The summed E-state index contributed by atoms with van der Waals surface area (Å²) in [4.78, 5) is 41.1. The largest absolute Gasteiger partial charge is 0.327 e. The number of thiophene rings is 1. The van der Waals surface area contributed by atoms with Crippen molar-refractivity contribution >= 4 is 29.6 Å². The molecule has 6 nitrogen and oxygen atoms in total. The highest BCUT2D eigenvalue weighted by molar-refractivity contribution is 7.12. The molecule has 184 valence electrons. The second kappa shape index (κ2) is 11.9. The van der Waals surface area contributed by atoms with Crippen LogP contribution in [0.5, 0.6) is 0 Å². The van der Waals surface area contributed by atoms with Gasteiger partial charge < -0.3 is 4.90 Å². The van der Waals surface area contributed by atoms with Gasteiger partial charge >= 0.3 is 6.03 Å². The van der Waals surface area contributed by atoms with Gasteiger partial charge in [-0.3, -0.25) is 14.5 Å². The van der Waals surface area contributed by atoms with Crippen LogP contribution in [0.15, 0.2) is 90.3 Å². The van der Waals surface area contributed by atoms with Gasteiger partial charge in [0.25, 0.3) is 5.91 Å². The summed E-state index contributed by atoms with van der Waals surface area (Å²) in [6.45, 7) is 0.513. The van der Waals surface area contributed by atoms with Crippen LogP contribution >= 0.6 is 11.3 Å². The Bertz CT molecular complexity index is 1440. The SMILES string of the molecule is CN(Cc1ccc(-c2ccccc2C#N)cc1)C(=O)N(CCc1ccccc1)C(=O)c1csc(C=O)c1. The number of nitrogens with zero attached hydrogens (tertiary/aromatic N) is 3. The van der Waals surface area contributed by atoms with Gasteiger partial charge in [-0.1, -0.05) is 72.8 Å². The Morgan fingerprint density at radius 3 is 2.32 bits per heavy atom. The molecular formula is C30H25N3O3S. The molecule has 0 saturated heterocycles. The molecule has 0 atom stereocenters. The minimum atomic E-state index is -0.430. The van der Waals surface area contributed by atoms with Gasteiger partial charge in [0.05, 0.1) is 22.1 Å². The second-order valence-electron chi connectivity index (χ2n) is 8.54. The third kappa shape index (κ3) is 6.18. The Labute approximate surface area is 220 Å². The predicted octanol–water partition coefficient (Wildman–Crippen LogP) is 6.04. The highest BCUT2D eigenvalue weighted by atomic mass is 32.1. The van der Waals surface area contributed by atoms with Gasteiger partial charge in [0.1, 0.15) is 0 Å². The van der Waals surface area contributed by atoms with Crippen LogP contribution in [-0.4, -0.2) is 41.6 Å². The monoisotopic (exact) mass is 507 g/mol. The van der Waals surface area contributed by atoms with Crippen molar-refractivity contribution in [1.82, 2.24) is 9.80 Å². The van der Waals surface area contributed by atoms with Crippen molar-refractivity contribution < 1.29 is 14.4 Å². The number of aldehydes is 1. The number of nitriles is 1. The summed E-state index contributed by atoms with van der Waals surface area (Å²) in [6, 6.07) is 28.1. The Hall–Kier alpha value is -4.54. The molecule has 0 bridgehead atoms. The first-order valence-corrected chi connectivity index (χ1v) is 12.6. The highest BCUT2D eigenvalue weighted by Gasteiger charge is 2.26. The van der Waals surface area contributed by atoms with E-state index in [-0.39, 0.29) is 6.54 Å². The predicted molar refractivity (Wildman–Crippen MR) is 144 cm³/mol. The Morgan fingerprint density at radius 2 is 1.65 bits per heavy atom. The maximum absolute atomic E-state index is 13.5. The molecule has 1 heterocycles. The molecule has 3 amide bonds. The van der Waals surface area contributed by atoms with Crippen LogP contribution in [0.3, 0.4) is 0 Å². The standard InChI is InChI=1S/C30H25N3O3S/c1-32(19-23-11-13-24(14-12-23)28-10-6-5-9-25(28)18-31)30(36)33(16-15-22-7-3-2-4-8-22)29(35)26-17-27(20-34)37-21-26/h2-14,17,20-21H,15-16,19H2,1H3. The van der Waals surface area contributed by atoms with E-state index in [4.69, 9.17) is 0 Å². The molecule has 3 aromatic carbocycles. The fourth-order valence-corrected chi connectivity index (χ4v) is 4.70. The van der Waals surface area contributed by atoms with E-state index in [1.165, 1.54) is 27.2 Å². The quantitative estimate of drug-likeness (QED) is 0.273. The minimum Gasteiger partial charge on any atom is -0.323 e. The van der Waals surface area contributed by atoms with E-state index in [1.807, 2.05) is 72.8 Å². The Balaban J connectivity index is 1.51. The Kier molecular flexibility index (Phi) is 8.24. The van der Waals surface area contributed by atoms with Crippen LogP contribution in [0.1, 0.15) is 36.7 Å². The molecule has 0 aliphatic rings. The smallest absolute Gasteiger partial charge is 0.323 e. The van der Waals surface area contributed by atoms with E-state index in [1.54, 1.807) is 18.5 Å². The summed E-state index contributed by atoms with van der Waals surface area (Å²) in [6.07, 6.45) is 1.21. The number of urea groups is 1. The summed E-state index contributed by atoms with van der Waals surface area (Å²) in [5.41, 5.74) is 4.59. The van der Waals surface area contributed by atoms with E-state index in [9.17, 15) is 19.6 Å². The van der Waals surface area contributed by atoms with Gasteiger partial charge in [0.15, 0.2) is 6.29 Å². The van der Waals surface area contributed by atoms with E-state index < -0.39 is 11.9 Å². The number of benzene rings is 3. The lowest BCUT2D eigenvalue weighted by atomic mass is 9.99. The van der Waals surface area contributed by atoms with Gasteiger partial charge in [-0.15, -0.1) is 11.3 Å². The lowest BCUT2D eigenvalue weighted by Crippen LogP contribution is -2.45. The molecule has 0 fully saturated rings. The molecule has 0 N–H and O–H groups in total. The maximum atomic E-state index is 13.5. The van der Waals surface area contributed by atoms with Crippen LogP contribution < -0.4 is 0 Å². The number of imide groups is 1. The minimum absolute atomic E-state index is 0.210. The van der Waals surface area contributed by atoms with Crippen LogP contribution in [0.2, 0.25) is 0 Å². The molecule has 0 spiro atoms. The maximum Gasteiger partial charge on any atom is 0.327 e. The first-order valence-electron chi connectivity index (χ1n) is 11.7. The van der Waals surface area contributed by atoms with E-state index >= 15 is 0 Å².